The Kier molecular flexibility index (Phi) is 3.89. The summed E-state index contributed by atoms with van der Waals surface area (Å²) in [4.78, 5) is 1.29. The van der Waals surface area contributed by atoms with Gasteiger partial charge in [0.2, 0.25) is 0 Å². The maximum atomic E-state index is 6.01. The standard InChI is InChI=1S/C17H15BO2S/c1-19-15-10-16(20-2)14(18)9-12(15)8-13-7-11-5-3-4-6-17(11)21-13/h3-7,9-10H,8H2,1-2H3. The molecule has 0 aliphatic heterocycles. The summed E-state index contributed by atoms with van der Waals surface area (Å²) < 4.78 is 12.0. The molecule has 0 unspecified atom stereocenters. The molecule has 3 aromatic rings. The molecule has 2 aromatic carbocycles. The smallest absolute Gasteiger partial charge is 0.126 e. The number of benzene rings is 2. The number of fused-ring (bicyclic) bond motifs is 1. The third-order valence-corrected chi connectivity index (χ3v) is 4.59. The van der Waals surface area contributed by atoms with Crippen molar-refractivity contribution in [2.24, 2.45) is 0 Å². The Labute approximate surface area is 129 Å². The summed E-state index contributed by atoms with van der Waals surface area (Å²) in [6, 6.07) is 14.4. The van der Waals surface area contributed by atoms with Crippen molar-refractivity contribution < 1.29 is 9.47 Å². The fourth-order valence-electron chi connectivity index (χ4n) is 2.44. The van der Waals surface area contributed by atoms with Gasteiger partial charge in [0.25, 0.3) is 0 Å². The minimum Gasteiger partial charge on any atom is -0.497 e. The number of methoxy groups -OCH3 is 2. The van der Waals surface area contributed by atoms with Gasteiger partial charge in [-0.1, -0.05) is 29.7 Å². The number of ether oxygens (including phenoxy) is 2. The van der Waals surface area contributed by atoms with Crippen molar-refractivity contribution in [3.8, 4) is 11.5 Å². The van der Waals surface area contributed by atoms with Crippen LogP contribution in [0.2, 0.25) is 0 Å². The summed E-state index contributed by atoms with van der Waals surface area (Å²) in [5.74, 6) is 1.45. The molecule has 0 saturated heterocycles. The Morgan fingerprint density at radius 3 is 2.48 bits per heavy atom. The molecule has 0 fully saturated rings. The molecule has 0 N–H and O–H groups in total. The largest absolute Gasteiger partial charge is 0.497 e. The van der Waals surface area contributed by atoms with Gasteiger partial charge in [0.1, 0.15) is 19.3 Å². The fourth-order valence-corrected chi connectivity index (χ4v) is 3.53. The second kappa shape index (κ2) is 5.82. The highest BCUT2D eigenvalue weighted by Crippen LogP contribution is 2.30. The molecule has 0 amide bonds. The average Bonchev–Trinajstić information content (AvgIpc) is 2.89. The van der Waals surface area contributed by atoms with Gasteiger partial charge < -0.3 is 9.47 Å². The van der Waals surface area contributed by atoms with Gasteiger partial charge >= 0.3 is 0 Å². The van der Waals surface area contributed by atoms with Crippen LogP contribution in [0.15, 0.2) is 42.5 Å². The quantitative estimate of drug-likeness (QED) is 0.687. The van der Waals surface area contributed by atoms with E-state index in [9.17, 15) is 0 Å². The van der Waals surface area contributed by atoms with E-state index in [-0.39, 0.29) is 0 Å². The first-order valence-corrected chi connectivity index (χ1v) is 7.50. The molecule has 21 heavy (non-hydrogen) atoms. The Bertz CT molecular complexity index is 747. The van der Waals surface area contributed by atoms with Gasteiger partial charge in [-0.2, -0.15) is 0 Å². The molecule has 3 rings (SSSR count). The maximum Gasteiger partial charge on any atom is 0.126 e. The lowest BCUT2D eigenvalue weighted by molar-refractivity contribution is 0.393. The number of rotatable bonds is 4. The zero-order valence-electron chi connectivity index (χ0n) is 12.1. The van der Waals surface area contributed by atoms with Crippen LogP contribution in [0, 0.1) is 0 Å². The first-order valence-electron chi connectivity index (χ1n) is 6.69. The summed E-state index contributed by atoms with van der Waals surface area (Å²) in [6.45, 7) is 0. The van der Waals surface area contributed by atoms with E-state index in [1.165, 1.54) is 15.0 Å². The van der Waals surface area contributed by atoms with Crippen LogP contribution < -0.4 is 14.9 Å². The lowest BCUT2D eigenvalue weighted by Crippen LogP contribution is -2.09. The molecule has 1 heterocycles. The SMILES string of the molecule is [B]c1cc(Cc2cc3ccccc3s2)c(OC)cc1OC. The molecular weight excluding hydrogens is 279 g/mol. The van der Waals surface area contributed by atoms with E-state index in [1.54, 1.807) is 25.6 Å². The van der Waals surface area contributed by atoms with E-state index in [0.29, 0.717) is 11.2 Å². The average molecular weight is 294 g/mol. The van der Waals surface area contributed by atoms with Crippen molar-refractivity contribution in [1.29, 1.82) is 0 Å². The Hall–Kier alpha value is -1.94. The van der Waals surface area contributed by atoms with Gasteiger partial charge in [0.05, 0.1) is 14.2 Å². The number of hydrogen-bond acceptors (Lipinski definition) is 3. The molecule has 1 aromatic heterocycles. The van der Waals surface area contributed by atoms with E-state index >= 15 is 0 Å². The summed E-state index contributed by atoms with van der Waals surface area (Å²) in [7, 11) is 9.28. The van der Waals surface area contributed by atoms with E-state index in [1.807, 2.05) is 12.1 Å². The van der Waals surface area contributed by atoms with Crippen molar-refractivity contribution in [3.05, 3.63) is 52.9 Å². The van der Waals surface area contributed by atoms with Crippen LogP contribution in [0.3, 0.4) is 0 Å². The topological polar surface area (TPSA) is 18.5 Å². The fraction of sp³-hybridized carbons (Fsp3) is 0.176. The zero-order valence-corrected chi connectivity index (χ0v) is 12.9. The lowest BCUT2D eigenvalue weighted by Gasteiger charge is -2.12. The van der Waals surface area contributed by atoms with Crippen molar-refractivity contribution in [2.75, 3.05) is 14.2 Å². The van der Waals surface area contributed by atoms with Crippen molar-refractivity contribution in [3.63, 3.8) is 0 Å². The zero-order chi connectivity index (χ0) is 14.8. The van der Waals surface area contributed by atoms with Crippen LogP contribution >= 0.6 is 11.3 Å². The third kappa shape index (κ3) is 2.76. The molecule has 0 spiro atoms. The molecule has 104 valence electrons. The molecular formula is C17H15BO2S. The van der Waals surface area contributed by atoms with E-state index in [4.69, 9.17) is 17.3 Å². The Balaban J connectivity index is 1.98. The Morgan fingerprint density at radius 1 is 1.00 bits per heavy atom. The highest BCUT2D eigenvalue weighted by Gasteiger charge is 2.10. The monoisotopic (exact) mass is 294 g/mol. The van der Waals surface area contributed by atoms with Gasteiger partial charge in [-0.25, -0.2) is 0 Å². The molecule has 0 atom stereocenters. The van der Waals surface area contributed by atoms with Crippen LogP contribution in [-0.4, -0.2) is 22.1 Å². The first-order chi connectivity index (χ1) is 10.2. The van der Waals surface area contributed by atoms with Gasteiger partial charge in [-0.3, -0.25) is 0 Å². The van der Waals surface area contributed by atoms with E-state index in [0.717, 1.165) is 17.7 Å². The second-order valence-electron chi connectivity index (χ2n) is 4.83. The van der Waals surface area contributed by atoms with Crippen molar-refractivity contribution in [1.82, 2.24) is 0 Å². The normalized spacial score (nSPS) is 10.8. The van der Waals surface area contributed by atoms with Crippen LogP contribution in [0.4, 0.5) is 0 Å². The van der Waals surface area contributed by atoms with Crippen molar-refractivity contribution >= 4 is 34.7 Å². The van der Waals surface area contributed by atoms with Gasteiger partial charge in [-0.15, -0.1) is 11.3 Å². The highest BCUT2D eigenvalue weighted by molar-refractivity contribution is 7.19. The summed E-state index contributed by atoms with van der Waals surface area (Å²) in [6.07, 6.45) is 0.802. The molecule has 2 radical (unpaired) electrons. The van der Waals surface area contributed by atoms with Crippen molar-refractivity contribution in [2.45, 2.75) is 6.42 Å². The minimum atomic E-state index is 0.634. The third-order valence-electron chi connectivity index (χ3n) is 3.47. The summed E-state index contributed by atoms with van der Waals surface area (Å²) >= 11 is 1.80. The van der Waals surface area contributed by atoms with Gasteiger partial charge in [0.15, 0.2) is 0 Å². The van der Waals surface area contributed by atoms with Gasteiger partial charge in [-0.05, 0) is 23.1 Å². The number of hydrogen-bond donors (Lipinski definition) is 0. The molecule has 0 aliphatic carbocycles. The molecule has 0 aliphatic rings. The van der Waals surface area contributed by atoms with Crippen LogP contribution in [-0.2, 0) is 6.42 Å². The molecule has 4 heteroatoms. The van der Waals surface area contributed by atoms with E-state index in [2.05, 4.69) is 30.3 Å². The van der Waals surface area contributed by atoms with Crippen LogP contribution in [0.5, 0.6) is 11.5 Å². The highest BCUT2D eigenvalue weighted by atomic mass is 32.1. The van der Waals surface area contributed by atoms with Crippen LogP contribution in [0.1, 0.15) is 10.4 Å². The van der Waals surface area contributed by atoms with E-state index < -0.39 is 0 Å². The minimum absolute atomic E-state index is 0.634. The van der Waals surface area contributed by atoms with Crippen LogP contribution in [0.25, 0.3) is 10.1 Å². The number of thiophene rings is 1. The predicted octanol–water partition coefficient (Wildman–Crippen LogP) is 3.30. The Morgan fingerprint density at radius 2 is 1.76 bits per heavy atom. The molecule has 0 saturated carbocycles. The lowest BCUT2D eigenvalue weighted by atomic mass is 9.91. The predicted molar refractivity (Wildman–Crippen MR) is 89.6 cm³/mol. The van der Waals surface area contributed by atoms with Gasteiger partial charge in [0, 0.05) is 22.1 Å². The first kappa shape index (κ1) is 14.0. The molecule has 2 nitrogen and oxygen atoms in total. The summed E-state index contributed by atoms with van der Waals surface area (Å²) in [5, 5.41) is 1.28. The summed E-state index contributed by atoms with van der Waals surface area (Å²) in [5.41, 5.74) is 1.71. The molecule has 0 bridgehead atoms. The maximum absolute atomic E-state index is 6.01. The second-order valence-corrected chi connectivity index (χ2v) is 6.00.